The summed E-state index contributed by atoms with van der Waals surface area (Å²) in [6.07, 6.45) is -9.10. The van der Waals surface area contributed by atoms with Crippen LogP contribution in [0.2, 0.25) is 0 Å². The van der Waals surface area contributed by atoms with Crippen LogP contribution in [0.25, 0.3) is 0 Å². The molecule has 2 aromatic rings. The van der Waals surface area contributed by atoms with Crippen LogP contribution in [0.1, 0.15) is 17.0 Å². The smallest absolute Gasteiger partial charge is 0.416 e. The van der Waals surface area contributed by atoms with Gasteiger partial charge in [-0.2, -0.15) is 26.3 Å². The third-order valence-electron chi connectivity index (χ3n) is 3.18. The molecule has 6 nitrogen and oxygen atoms in total. The Morgan fingerprint density at radius 3 is 2.04 bits per heavy atom. The van der Waals surface area contributed by atoms with Gasteiger partial charge in [0.2, 0.25) is 5.82 Å². The molecule has 1 aromatic carbocycles. The first kappa shape index (κ1) is 18.5. The third kappa shape index (κ3) is 4.19. The fourth-order valence-electron chi connectivity index (χ4n) is 1.90. The van der Waals surface area contributed by atoms with Crippen LogP contribution in [0, 0.1) is 10.1 Å². The summed E-state index contributed by atoms with van der Waals surface area (Å²) in [4.78, 5) is 13.6. The van der Waals surface area contributed by atoms with Crippen molar-refractivity contribution in [1.29, 1.82) is 0 Å². The van der Waals surface area contributed by atoms with Crippen LogP contribution in [0.15, 0.2) is 24.4 Å². The summed E-state index contributed by atoms with van der Waals surface area (Å²) in [5, 5.41) is 10.7. The van der Waals surface area contributed by atoms with Gasteiger partial charge < -0.3 is 14.9 Å². The van der Waals surface area contributed by atoms with Crippen LogP contribution in [0.5, 0.6) is 5.75 Å². The minimum atomic E-state index is -5.00. The summed E-state index contributed by atoms with van der Waals surface area (Å²) >= 11 is 0. The van der Waals surface area contributed by atoms with Gasteiger partial charge in [-0.05, 0) is 23.1 Å². The molecule has 0 saturated heterocycles. The van der Waals surface area contributed by atoms with E-state index in [1.807, 2.05) is 0 Å². The Kier molecular flexibility index (Phi) is 4.64. The monoisotopic (exact) mass is 369 g/mol. The van der Waals surface area contributed by atoms with Crippen LogP contribution in [-0.2, 0) is 26.0 Å². The minimum Gasteiger partial charge on any atom is -0.483 e. The van der Waals surface area contributed by atoms with E-state index in [4.69, 9.17) is 4.74 Å². The van der Waals surface area contributed by atoms with Crippen LogP contribution < -0.4 is 4.74 Å². The van der Waals surface area contributed by atoms with Gasteiger partial charge in [-0.1, -0.05) is 0 Å². The maximum absolute atomic E-state index is 12.7. The second-order valence-corrected chi connectivity index (χ2v) is 4.88. The zero-order valence-corrected chi connectivity index (χ0v) is 12.4. The minimum absolute atomic E-state index is 0.0293. The van der Waals surface area contributed by atoms with Crippen molar-refractivity contribution in [1.82, 2.24) is 9.55 Å². The first-order valence-electron chi connectivity index (χ1n) is 6.47. The Labute approximate surface area is 135 Å². The maximum atomic E-state index is 12.7. The molecule has 0 unspecified atom stereocenters. The topological polar surface area (TPSA) is 70.2 Å². The summed E-state index contributed by atoms with van der Waals surface area (Å²) < 4.78 is 82.4. The van der Waals surface area contributed by atoms with Gasteiger partial charge in [0.05, 0.1) is 18.2 Å². The highest BCUT2D eigenvalue weighted by molar-refractivity contribution is 5.37. The fourth-order valence-corrected chi connectivity index (χ4v) is 1.90. The highest BCUT2D eigenvalue weighted by Gasteiger charge is 2.37. The Morgan fingerprint density at radius 1 is 1.12 bits per heavy atom. The summed E-state index contributed by atoms with van der Waals surface area (Å²) in [6.45, 7) is -0.553. The zero-order chi connectivity index (χ0) is 19.0. The van der Waals surface area contributed by atoms with Gasteiger partial charge in [-0.3, -0.25) is 0 Å². The number of hydrogen-bond acceptors (Lipinski definition) is 4. The molecular weight excluding hydrogens is 360 g/mol. The number of nitrogens with zero attached hydrogens (tertiary/aromatic N) is 3. The molecular formula is C13H9F6N3O3. The lowest BCUT2D eigenvalue weighted by molar-refractivity contribution is -0.391. The van der Waals surface area contributed by atoms with Gasteiger partial charge in [0.1, 0.15) is 11.9 Å². The largest absolute Gasteiger partial charge is 0.483 e. The average Bonchev–Trinajstić information content (AvgIpc) is 2.84. The molecule has 136 valence electrons. The molecule has 0 spiro atoms. The number of alkyl halides is 6. The molecule has 0 saturated carbocycles. The lowest BCUT2D eigenvalue weighted by atomic mass is 10.1. The molecule has 0 aliphatic heterocycles. The molecule has 0 atom stereocenters. The Bertz CT molecular complexity index is 765. The summed E-state index contributed by atoms with van der Waals surface area (Å²) in [5.74, 6) is -1.14. The molecule has 0 bridgehead atoms. The number of nitro groups is 1. The van der Waals surface area contributed by atoms with Crippen molar-refractivity contribution in [3.05, 3.63) is 51.5 Å². The molecule has 0 amide bonds. The predicted molar refractivity (Wildman–Crippen MR) is 70.6 cm³/mol. The molecule has 0 aliphatic carbocycles. The second kappa shape index (κ2) is 6.26. The van der Waals surface area contributed by atoms with Gasteiger partial charge in [0, 0.05) is 0 Å². The first-order chi connectivity index (χ1) is 11.4. The number of imidazole rings is 1. The zero-order valence-electron chi connectivity index (χ0n) is 12.4. The predicted octanol–water partition coefficient (Wildman–Crippen LogP) is 3.94. The number of ether oxygens (including phenoxy) is 1. The van der Waals surface area contributed by atoms with Crippen LogP contribution in [0.3, 0.4) is 0 Å². The van der Waals surface area contributed by atoms with Crippen molar-refractivity contribution >= 4 is 5.82 Å². The molecule has 1 aromatic heterocycles. The lowest BCUT2D eigenvalue weighted by Crippen LogP contribution is -2.12. The lowest BCUT2D eigenvalue weighted by Gasteiger charge is -2.14. The first-order valence-corrected chi connectivity index (χ1v) is 6.47. The second-order valence-electron chi connectivity index (χ2n) is 4.88. The van der Waals surface area contributed by atoms with Crippen molar-refractivity contribution in [3.8, 4) is 5.75 Å². The van der Waals surface area contributed by atoms with Crippen molar-refractivity contribution in [2.24, 2.45) is 7.05 Å². The Hall–Kier alpha value is -2.79. The summed E-state index contributed by atoms with van der Waals surface area (Å²) in [6, 6.07) is 0.789. The van der Waals surface area contributed by atoms with E-state index in [0.29, 0.717) is 12.1 Å². The van der Waals surface area contributed by atoms with E-state index < -0.39 is 46.6 Å². The number of hydrogen-bond donors (Lipinski definition) is 0. The van der Waals surface area contributed by atoms with Crippen molar-refractivity contribution < 1.29 is 36.0 Å². The molecule has 0 aliphatic rings. The normalized spacial score (nSPS) is 12.3. The van der Waals surface area contributed by atoms with Gasteiger partial charge in [-0.15, -0.1) is 0 Å². The Balaban J connectivity index is 2.31. The molecule has 0 radical (unpaired) electrons. The number of rotatable bonds is 4. The molecule has 12 heteroatoms. The third-order valence-corrected chi connectivity index (χ3v) is 3.18. The molecule has 25 heavy (non-hydrogen) atoms. The Morgan fingerprint density at radius 2 is 1.64 bits per heavy atom. The van der Waals surface area contributed by atoms with Crippen molar-refractivity contribution in [2.45, 2.75) is 19.0 Å². The van der Waals surface area contributed by atoms with Gasteiger partial charge in [0.15, 0.2) is 6.61 Å². The van der Waals surface area contributed by atoms with E-state index in [9.17, 15) is 36.5 Å². The van der Waals surface area contributed by atoms with Gasteiger partial charge in [0.25, 0.3) is 0 Å². The van der Waals surface area contributed by atoms with Crippen LogP contribution >= 0.6 is 0 Å². The quantitative estimate of drug-likeness (QED) is 0.465. The standard InChI is InChI=1S/C13H9F6N3O3/c1-21-10(20-5-11(21)22(23)24)6-25-9-3-7(12(14,15)16)2-8(4-9)13(17,18)19/h2-5H,6H2,1H3. The van der Waals surface area contributed by atoms with Gasteiger partial charge in [-0.25, -0.2) is 9.55 Å². The summed E-state index contributed by atoms with van der Waals surface area (Å²) in [5.41, 5.74) is -3.05. The van der Waals surface area contributed by atoms with E-state index in [1.165, 1.54) is 7.05 Å². The summed E-state index contributed by atoms with van der Waals surface area (Å²) in [7, 11) is 1.26. The highest BCUT2D eigenvalue weighted by atomic mass is 19.4. The number of halogens is 6. The van der Waals surface area contributed by atoms with Crippen molar-refractivity contribution in [3.63, 3.8) is 0 Å². The van der Waals surface area contributed by atoms with E-state index in [-0.39, 0.29) is 11.9 Å². The van der Waals surface area contributed by atoms with E-state index in [1.54, 1.807) is 0 Å². The van der Waals surface area contributed by atoms with E-state index >= 15 is 0 Å². The van der Waals surface area contributed by atoms with E-state index in [0.717, 1.165) is 10.8 Å². The maximum Gasteiger partial charge on any atom is 0.416 e. The fraction of sp³-hybridized carbons (Fsp3) is 0.308. The average molecular weight is 369 g/mol. The van der Waals surface area contributed by atoms with E-state index in [2.05, 4.69) is 4.98 Å². The molecule has 0 N–H and O–H groups in total. The highest BCUT2D eigenvalue weighted by Crippen LogP contribution is 2.38. The van der Waals surface area contributed by atoms with Crippen molar-refractivity contribution in [2.75, 3.05) is 0 Å². The SMILES string of the molecule is Cn1c([N+](=O)[O-])cnc1COc1cc(C(F)(F)F)cc(C(F)(F)F)c1. The van der Waals surface area contributed by atoms with Gasteiger partial charge >= 0.3 is 18.2 Å². The van der Waals surface area contributed by atoms with Crippen LogP contribution in [0.4, 0.5) is 32.2 Å². The number of aromatic nitrogens is 2. The molecule has 0 fully saturated rings. The number of benzene rings is 1. The van der Waals surface area contributed by atoms with Crippen LogP contribution in [-0.4, -0.2) is 14.5 Å². The molecule has 2 rings (SSSR count). The molecule has 1 heterocycles.